The third kappa shape index (κ3) is 2.94. The van der Waals surface area contributed by atoms with Gasteiger partial charge in [0.25, 0.3) is 0 Å². The van der Waals surface area contributed by atoms with E-state index in [4.69, 9.17) is 0 Å². The molecule has 0 spiro atoms. The zero-order chi connectivity index (χ0) is 13.8. The molecule has 0 saturated carbocycles. The maximum absolute atomic E-state index is 12.1. The Morgan fingerprint density at radius 2 is 2.00 bits per heavy atom. The zero-order valence-electron chi connectivity index (χ0n) is 11.6. The predicted molar refractivity (Wildman–Crippen MR) is 69.5 cm³/mol. The zero-order valence-corrected chi connectivity index (χ0v) is 11.6. The van der Waals surface area contributed by atoms with Crippen LogP contribution in [0.1, 0.15) is 39.5 Å². The number of carboxylic acid groups (broad SMARTS) is 1. The predicted octanol–water partition coefficient (Wildman–Crippen LogP) is 2.03. The average molecular weight is 256 g/mol. The molecule has 1 heterocycles. The molecule has 104 valence electrons. The molecule has 1 rings (SSSR count). The number of hydrogen-bond donors (Lipinski definition) is 1. The summed E-state index contributed by atoms with van der Waals surface area (Å²) in [6.45, 7) is 5.62. The molecule has 1 saturated heterocycles. The lowest BCUT2D eigenvalue weighted by Gasteiger charge is -2.27. The molecule has 1 aliphatic heterocycles. The first kappa shape index (κ1) is 14.8. The molecular formula is C13H24N2O3. The van der Waals surface area contributed by atoms with Crippen LogP contribution < -0.4 is 0 Å². The minimum absolute atomic E-state index is 0.0453. The van der Waals surface area contributed by atoms with Gasteiger partial charge in [0.1, 0.15) is 0 Å². The molecule has 0 aromatic carbocycles. The maximum Gasteiger partial charge on any atom is 0.319 e. The van der Waals surface area contributed by atoms with Gasteiger partial charge in [-0.3, -0.25) is 4.79 Å². The Morgan fingerprint density at radius 1 is 1.33 bits per heavy atom. The highest BCUT2D eigenvalue weighted by molar-refractivity contribution is 5.79. The number of carboxylic acids is 1. The van der Waals surface area contributed by atoms with Crippen LogP contribution in [0.4, 0.5) is 4.79 Å². The third-order valence-corrected chi connectivity index (χ3v) is 3.69. The number of likely N-dealkylation sites (tertiary alicyclic amines) is 1. The third-order valence-electron chi connectivity index (χ3n) is 3.69. The Bertz CT molecular complexity index is 319. The lowest BCUT2D eigenvalue weighted by molar-refractivity contribution is -0.148. The van der Waals surface area contributed by atoms with E-state index in [1.165, 1.54) is 0 Å². The van der Waals surface area contributed by atoms with Crippen molar-refractivity contribution < 1.29 is 14.7 Å². The minimum atomic E-state index is -0.766. The molecule has 0 bridgehead atoms. The normalized spacial score (nSPS) is 23.2. The van der Waals surface area contributed by atoms with Crippen LogP contribution in [0.2, 0.25) is 0 Å². The van der Waals surface area contributed by atoms with Crippen LogP contribution in [0.5, 0.6) is 0 Å². The van der Waals surface area contributed by atoms with E-state index in [0.29, 0.717) is 32.5 Å². The molecular weight excluding hydrogens is 232 g/mol. The number of rotatable bonds is 5. The SMILES string of the molecule is CCCN(C)C(=O)N1CCC(CCC)(C(=O)O)C1. The molecule has 1 fully saturated rings. The molecule has 18 heavy (non-hydrogen) atoms. The summed E-state index contributed by atoms with van der Waals surface area (Å²) in [5.41, 5.74) is -0.725. The largest absolute Gasteiger partial charge is 0.481 e. The van der Waals surface area contributed by atoms with Crippen LogP contribution in [0.15, 0.2) is 0 Å². The van der Waals surface area contributed by atoms with Crippen molar-refractivity contribution in [1.82, 2.24) is 9.80 Å². The van der Waals surface area contributed by atoms with Crippen molar-refractivity contribution in [3.63, 3.8) is 0 Å². The standard InChI is InChI=1S/C13H24N2O3/c1-4-6-13(11(16)17)7-9-15(10-13)12(18)14(3)8-5-2/h4-10H2,1-3H3,(H,16,17). The average Bonchev–Trinajstić information content (AvgIpc) is 2.74. The summed E-state index contributed by atoms with van der Waals surface area (Å²) in [7, 11) is 1.77. The van der Waals surface area contributed by atoms with Gasteiger partial charge >= 0.3 is 12.0 Å². The maximum atomic E-state index is 12.1. The van der Waals surface area contributed by atoms with Crippen molar-refractivity contribution in [2.24, 2.45) is 5.41 Å². The first-order chi connectivity index (χ1) is 8.46. The molecule has 0 aromatic heterocycles. The van der Waals surface area contributed by atoms with E-state index >= 15 is 0 Å². The van der Waals surface area contributed by atoms with Gasteiger partial charge in [-0.25, -0.2) is 4.79 Å². The Balaban J connectivity index is 2.69. The minimum Gasteiger partial charge on any atom is -0.481 e. The summed E-state index contributed by atoms with van der Waals surface area (Å²) in [5.74, 6) is -0.766. The molecule has 1 N–H and O–H groups in total. The van der Waals surface area contributed by atoms with E-state index < -0.39 is 11.4 Å². The van der Waals surface area contributed by atoms with Gasteiger partial charge in [0.05, 0.1) is 5.41 Å². The van der Waals surface area contributed by atoms with E-state index in [0.717, 1.165) is 12.8 Å². The number of aliphatic carboxylic acids is 1. The molecule has 2 amide bonds. The van der Waals surface area contributed by atoms with Crippen LogP contribution in [-0.2, 0) is 4.79 Å². The first-order valence-electron chi connectivity index (χ1n) is 6.70. The van der Waals surface area contributed by atoms with Crippen LogP contribution in [-0.4, -0.2) is 53.6 Å². The second-order valence-corrected chi connectivity index (χ2v) is 5.21. The molecule has 5 nitrogen and oxygen atoms in total. The van der Waals surface area contributed by atoms with Crippen molar-refractivity contribution in [3.05, 3.63) is 0 Å². The Morgan fingerprint density at radius 3 is 2.50 bits per heavy atom. The molecule has 0 aliphatic carbocycles. The van der Waals surface area contributed by atoms with Gasteiger partial charge in [0, 0.05) is 26.7 Å². The number of urea groups is 1. The summed E-state index contributed by atoms with van der Waals surface area (Å²) in [6, 6.07) is -0.0453. The van der Waals surface area contributed by atoms with Gasteiger partial charge in [0.2, 0.25) is 0 Å². The molecule has 5 heteroatoms. The molecule has 1 atom stereocenters. The van der Waals surface area contributed by atoms with Gasteiger partial charge in [-0.05, 0) is 19.3 Å². The van der Waals surface area contributed by atoms with E-state index in [1.54, 1.807) is 16.8 Å². The molecule has 1 unspecified atom stereocenters. The Kier molecular flexibility index (Phi) is 4.99. The van der Waals surface area contributed by atoms with Crippen LogP contribution in [0, 0.1) is 5.41 Å². The van der Waals surface area contributed by atoms with E-state index in [9.17, 15) is 14.7 Å². The van der Waals surface area contributed by atoms with Crippen molar-refractivity contribution in [2.45, 2.75) is 39.5 Å². The van der Waals surface area contributed by atoms with E-state index in [-0.39, 0.29) is 6.03 Å². The van der Waals surface area contributed by atoms with Crippen LogP contribution in [0.3, 0.4) is 0 Å². The van der Waals surface area contributed by atoms with Gasteiger partial charge in [-0.1, -0.05) is 20.3 Å². The first-order valence-corrected chi connectivity index (χ1v) is 6.70. The van der Waals surface area contributed by atoms with Crippen molar-refractivity contribution in [2.75, 3.05) is 26.7 Å². The van der Waals surface area contributed by atoms with Gasteiger partial charge in [-0.15, -0.1) is 0 Å². The highest BCUT2D eigenvalue weighted by atomic mass is 16.4. The number of carbonyl (C=O) groups is 2. The Hall–Kier alpha value is -1.26. The summed E-state index contributed by atoms with van der Waals surface area (Å²) in [5, 5.41) is 9.38. The van der Waals surface area contributed by atoms with Gasteiger partial charge in [0.15, 0.2) is 0 Å². The second-order valence-electron chi connectivity index (χ2n) is 5.21. The highest BCUT2D eigenvalue weighted by Crippen LogP contribution is 2.35. The van der Waals surface area contributed by atoms with E-state index in [1.807, 2.05) is 13.8 Å². The van der Waals surface area contributed by atoms with Gasteiger partial charge < -0.3 is 14.9 Å². The molecule has 0 radical (unpaired) electrons. The fourth-order valence-corrected chi connectivity index (χ4v) is 2.67. The van der Waals surface area contributed by atoms with Crippen LogP contribution >= 0.6 is 0 Å². The molecule has 0 aromatic rings. The monoisotopic (exact) mass is 256 g/mol. The van der Waals surface area contributed by atoms with Crippen molar-refractivity contribution in [1.29, 1.82) is 0 Å². The Labute approximate surface area is 109 Å². The van der Waals surface area contributed by atoms with Crippen molar-refractivity contribution in [3.8, 4) is 0 Å². The lowest BCUT2D eigenvalue weighted by Crippen LogP contribution is -2.42. The summed E-state index contributed by atoms with van der Waals surface area (Å²) in [6.07, 6.45) is 2.96. The van der Waals surface area contributed by atoms with E-state index in [2.05, 4.69) is 0 Å². The van der Waals surface area contributed by atoms with Crippen LogP contribution in [0.25, 0.3) is 0 Å². The fourth-order valence-electron chi connectivity index (χ4n) is 2.67. The fraction of sp³-hybridized carbons (Fsp3) is 0.846. The highest BCUT2D eigenvalue weighted by Gasteiger charge is 2.45. The number of carbonyl (C=O) groups excluding carboxylic acids is 1. The summed E-state index contributed by atoms with van der Waals surface area (Å²) < 4.78 is 0. The number of nitrogens with zero attached hydrogens (tertiary/aromatic N) is 2. The number of hydrogen-bond acceptors (Lipinski definition) is 2. The second kappa shape index (κ2) is 6.07. The number of amides is 2. The smallest absolute Gasteiger partial charge is 0.319 e. The summed E-state index contributed by atoms with van der Waals surface area (Å²) >= 11 is 0. The quantitative estimate of drug-likeness (QED) is 0.818. The van der Waals surface area contributed by atoms with Crippen molar-refractivity contribution >= 4 is 12.0 Å². The summed E-state index contributed by atoms with van der Waals surface area (Å²) in [4.78, 5) is 26.9. The lowest BCUT2D eigenvalue weighted by atomic mass is 9.83. The topological polar surface area (TPSA) is 60.9 Å². The molecule has 1 aliphatic rings. The van der Waals surface area contributed by atoms with Gasteiger partial charge in [-0.2, -0.15) is 0 Å².